The van der Waals surface area contributed by atoms with Crippen LogP contribution in [0.15, 0.2) is 59.5 Å². The number of rotatable bonds is 12. The van der Waals surface area contributed by atoms with Crippen LogP contribution in [0.25, 0.3) is 0 Å². The van der Waals surface area contributed by atoms with Crippen molar-refractivity contribution in [2.75, 3.05) is 25.2 Å². The highest BCUT2D eigenvalue weighted by Gasteiger charge is 2.25. The van der Waals surface area contributed by atoms with Crippen LogP contribution in [0.5, 0.6) is 5.75 Å². The number of nitrogens with one attached hydrogen (secondary N) is 2. The predicted octanol–water partition coefficient (Wildman–Crippen LogP) is 2.98. The monoisotopic (exact) mass is 436 g/mol. The summed E-state index contributed by atoms with van der Waals surface area (Å²) < 4.78 is 33.3. The molecule has 158 valence electrons. The topological polar surface area (TPSA) is 84.5 Å². The number of hydrogen-bond donors (Lipinski definition) is 2. The van der Waals surface area contributed by atoms with Crippen LogP contribution in [-0.2, 0) is 14.8 Å². The van der Waals surface area contributed by atoms with Gasteiger partial charge in [0.05, 0.1) is 11.5 Å². The largest absolute Gasteiger partial charge is 0.494 e. The lowest BCUT2D eigenvalue weighted by Crippen LogP contribution is -2.47. The van der Waals surface area contributed by atoms with Crippen molar-refractivity contribution in [1.82, 2.24) is 10.0 Å². The summed E-state index contributed by atoms with van der Waals surface area (Å²) >= 11 is 1.57. The molecule has 29 heavy (non-hydrogen) atoms. The molecule has 0 fully saturated rings. The Morgan fingerprint density at radius 3 is 2.59 bits per heavy atom. The van der Waals surface area contributed by atoms with Gasteiger partial charge in [-0.1, -0.05) is 30.3 Å². The summed E-state index contributed by atoms with van der Waals surface area (Å²) in [6, 6.07) is 15.0. The third kappa shape index (κ3) is 8.08. The summed E-state index contributed by atoms with van der Waals surface area (Å²) in [5, 5.41) is 2.81. The van der Waals surface area contributed by atoms with Crippen LogP contribution in [0.4, 0.5) is 0 Å². The molecule has 8 heteroatoms. The second kappa shape index (κ2) is 11.8. The first-order chi connectivity index (χ1) is 13.9. The van der Waals surface area contributed by atoms with Gasteiger partial charge in [0.1, 0.15) is 11.8 Å². The molecule has 2 rings (SSSR count). The van der Waals surface area contributed by atoms with Gasteiger partial charge >= 0.3 is 0 Å². The summed E-state index contributed by atoms with van der Waals surface area (Å²) in [7, 11) is -3.76. The van der Waals surface area contributed by atoms with Crippen LogP contribution in [-0.4, -0.2) is 45.5 Å². The number of ether oxygens (including phenoxy) is 1. The Balaban J connectivity index is 1.84. The van der Waals surface area contributed by atoms with E-state index in [4.69, 9.17) is 4.74 Å². The van der Waals surface area contributed by atoms with Gasteiger partial charge in [-0.2, -0.15) is 16.5 Å². The summed E-state index contributed by atoms with van der Waals surface area (Å²) in [5.74, 6) is 1.14. The van der Waals surface area contributed by atoms with Crippen molar-refractivity contribution >= 4 is 27.7 Å². The van der Waals surface area contributed by atoms with E-state index in [0.29, 0.717) is 31.7 Å². The lowest BCUT2D eigenvalue weighted by molar-refractivity contribution is -0.122. The lowest BCUT2D eigenvalue weighted by atomic mass is 10.2. The molecule has 0 saturated carbocycles. The number of sulfonamides is 1. The minimum absolute atomic E-state index is 0.147. The summed E-state index contributed by atoms with van der Waals surface area (Å²) in [6.45, 7) is 2.88. The van der Waals surface area contributed by atoms with Gasteiger partial charge in [0, 0.05) is 6.54 Å². The molecule has 1 unspecified atom stereocenters. The van der Waals surface area contributed by atoms with Gasteiger partial charge in [-0.25, -0.2) is 8.42 Å². The van der Waals surface area contributed by atoms with E-state index >= 15 is 0 Å². The van der Waals surface area contributed by atoms with Crippen molar-refractivity contribution in [2.45, 2.75) is 30.7 Å². The highest BCUT2D eigenvalue weighted by Crippen LogP contribution is 2.13. The Kier molecular flexibility index (Phi) is 9.50. The number of amides is 1. The number of aryl methyl sites for hydroxylation is 1. The van der Waals surface area contributed by atoms with Gasteiger partial charge < -0.3 is 10.1 Å². The van der Waals surface area contributed by atoms with E-state index in [1.807, 2.05) is 37.4 Å². The van der Waals surface area contributed by atoms with Gasteiger partial charge in [-0.3, -0.25) is 4.79 Å². The lowest BCUT2D eigenvalue weighted by Gasteiger charge is -2.18. The molecule has 0 aliphatic rings. The number of hydrogen-bond acceptors (Lipinski definition) is 5. The summed E-state index contributed by atoms with van der Waals surface area (Å²) in [4.78, 5) is 12.7. The van der Waals surface area contributed by atoms with Crippen LogP contribution < -0.4 is 14.8 Å². The number of benzene rings is 2. The molecule has 1 atom stereocenters. The summed E-state index contributed by atoms with van der Waals surface area (Å²) in [6.07, 6.45) is 2.96. The maximum Gasteiger partial charge on any atom is 0.241 e. The van der Waals surface area contributed by atoms with Crippen LogP contribution in [0.2, 0.25) is 0 Å². The Morgan fingerprint density at radius 1 is 1.14 bits per heavy atom. The van der Waals surface area contributed by atoms with E-state index in [1.54, 1.807) is 30.0 Å². The predicted molar refractivity (Wildman–Crippen MR) is 118 cm³/mol. The fourth-order valence-electron chi connectivity index (χ4n) is 2.64. The van der Waals surface area contributed by atoms with E-state index in [0.717, 1.165) is 11.3 Å². The molecule has 6 nitrogen and oxygen atoms in total. The molecule has 0 radical (unpaired) electrons. The number of carbonyl (C=O) groups excluding carboxylic acids is 1. The van der Waals surface area contributed by atoms with Gasteiger partial charge in [0.15, 0.2) is 0 Å². The average molecular weight is 437 g/mol. The molecule has 0 aliphatic carbocycles. The molecule has 2 aromatic rings. The van der Waals surface area contributed by atoms with Gasteiger partial charge in [0.2, 0.25) is 15.9 Å². The van der Waals surface area contributed by atoms with E-state index in [-0.39, 0.29) is 10.8 Å². The normalized spacial score (nSPS) is 12.3. The van der Waals surface area contributed by atoms with Crippen molar-refractivity contribution in [3.05, 3.63) is 60.2 Å². The third-order valence-electron chi connectivity index (χ3n) is 4.16. The first-order valence-electron chi connectivity index (χ1n) is 9.46. The molecular weight excluding hydrogens is 408 g/mol. The first kappa shape index (κ1) is 23.3. The molecule has 0 bridgehead atoms. The maximum absolute atomic E-state index is 12.6. The van der Waals surface area contributed by atoms with E-state index < -0.39 is 16.1 Å². The molecule has 0 heterocycles. The zero-order valence-electron chi connectivity index (χ0n) is 16.8. The smallest absolute Gasteiger partial charge is 0.241 e. The van der Waals surface area contributed by atoms with E-state index in [1.165, 1.54) is 12.1 Å². The fourth-order valence-corrected chi connectivity index (χ4v) is 4.36. The minimum Gasteiger partial charge on any atom is -0.494 e. The Labute approximate surface area is 177 Å². The third-order valence-corrected chi connectivity index (χ3v) is 6.29. The zero-order chi connectivity index (χ0) is 21.1. The Hall–Kier alpha value is -2.03. The SMILES string of the molecule is CSCCC(NS(=O)(=O)c1ccccc1)C(=O)NCCCOc1cccc(C)c1. The molecule has 0 spiro atoms. The van der Waals surface area contributed by atoms with Gasteiger partial charge in [-0.05, 0) is 61.6 Å². The van der Waals surface area contributed by atoms with Crippen LogP contribution in [0.1, 0.15) is 18.4 Å². The van der Waals surface area contributed by atoms with E-state index in [2.05, 4.69) is 10.0 Å². The zero-order valence-corrected chi connectivity index (χ0v) is 18.4. The molecule has 0 saturated heterocycles. The molecule has 0 aromatic heterocycles. The van der Waals surface area contributed by atoms with Crippen LogP contribution in [0, 0.1) is 6.92 Å². The van der Waals surface area contributed by atoms with Crippen molar-refractivity contribution in [3.8, 4) is 5.75 Å². The molecular formula is C21H28N2O4S2. The Bertz CT molecular complexity index is 873. The second-order valence-electron chi connectivity index (χ2n) is 6.58. The highest BCUT2D eigenvalue weighted by atomic mass is 32.2. The Morgan fingerprint density at radius 2 is 1.90 bits per heavy atom. The van der Waals surface area contributed by atoms with Crippen molar-refractivity contribution in [2.24, 2.45) is 0 Å². The minimum atomic E-state index is -3.76. The van der Waals surface area contributed by atoms with Crippen molar-refractivity contribution < 1.29 is 17.9 Å². The molecule has 0 aliphatic heterocycles. The maximum atomic E-state index is 12.6. The molecule has 2 aromatic carbocycles. The quantitative estimate of drug-likeness (QED) is 0.500. The fraction of sp³-hybridized carbons (Fsp3) is 0.381. The average Bonchev–Trinajstić information content (AvgIpc) is 2.71. The molecule has 1 amide bonds. The highest BCUT2D eigenvalue weighted by molar-refractivity contribution is 7.98. The standard InChI is InChI=1S/C21H28N2O4S2/c1-17-8-6-9-18(16-17)27-14-7-13-22-21(24)20(12-15-28-2)23-29(25,26)19-10-4-3-5-11-19/h3-6,8-11,16,20,23H,7,12-15H2,1-2H3,(H,22,24). The van der Waals surface area contributed by atoms with Crippen molar-refractivity contribution in [3.63, 3.8) is 0 Å². The van der Waals surface area contributed by atoms with Gasteiger partial charge in [0.25, 0.3) is 0 Å². The van der Waals surface area contributed by atoms with Crippen LogP contribution >= 0.6 is 11.8 Å². The van der Waals surface area contributed by atoms with Gasteiger partial charge in [-0.15, -0.1) is 0 Å². The van der Waals surface area contributed by atoms with E-state index in [9.17, 15) is 13.2 Å². The molecule has 2 N–H and O–H groups in total. The first-order valence-corrected chi connectivity index (χ1v) is 12.3. The number of carbonyl (C=O) groups is 1. The summed E-state index contributed by atoms with van der Waals surface area (Å²) in [5.41, 5.74) is 1.12. The second-order valence-corrected chi connectivity index (χ2v) is 9.28. The number of thioether (sulfide) groups is 1. The van der Waals surface area contributed by atoms with Crippen molar-refractivity contribution in [1.29, 1.82) is 0 Å². The van der Waals surface area contributed by atoms with Crippen LogP contribution in [0.3, 0.4) is 0 Å².